The van der Waals surface area contributed by atoms with Crippen LogP contribution in [0.15, 0.2) is 24.3 Å². The van der Waals surface area contributed by atoms with E-state index < -0.39 is 0 Å². The molecular formula is C16H25NO3. The molecule has 1 aliphatic rings. The Hall–Kier alpha value is -1.10. The zero-order valence-electron chi connectivity index (χ0n) is 12.3. The fraction of sp³-hybridized carbons (Fsp3) is 0.625. The summed E-state index contributed by atoms with van der Waals surface area (Å²) in [6.45, 7) is 5.71. The van der Waals surface area contributed by atoms with Crippen molar-refractivity contribution in [2.24, 2.45) is 0 Å². The van der Waals surface area contributed by atoms with Crippen molar-refractivity contribution in [3.8, 4) is 5.75 Å². The van der Waals surface area contributed by atoms with Crippen LogP contribution in [0.1, 0.15) is 38.3 Å². The van der Waals surface area contributed by atoms with Crippen molar-refractivity contribution >= 4 is 0 Å². The summed E-state index contributed by atoms with van der Waals surface area (Å²) in [7, 11) is 0. The number of hydrogen-bond donors (Lipinski definition) is 2. The molecule has 1 aromatic rings. The molecule has 1 heterocycles. The minimum absolute atomic E-state index is 0.0673. The van der Waals surface area contributed by atoms with Crippen LogP contribution in [0.2, 0.25) is 0 Å². The second-order valence-corrected chi connectivity index (χ2v) is 5.52. The van der Waals surface area contributed by atoms with Crippen LogP contribution in [0.25, 0.3) is 0 Å². The Balaban J connectivity index is 1.95. The predicted molar refractivity (Wildman–Crippen MR) is 79.0 cm³/mol. The van der Waals surface area contributed by atoms with Crippen molar-refractivity contribution in [2.75, 3.05) is 19.8 Å². The van der Waals surface area contributed by atoms with Crippen LogP contribution in [0.3, 0.4) is 0 Å². The van der Waals surface area contributed by atoms with E-state index in [2.05, 4.69) is 5.32 Å². The van der Waals surface area contributed by atoms with E-state index in [-0.39, 0.29) is 24.9 Å². The summed E-state index contributed by atoms with van der Waals surface area (Å²) in [6, 6.07) is 7.83. The van der Waals surface area contributed by atoms with E-state index in [0.29, 0.717) is 0 Å². The first-order chi connectivity index (χ1) is 9.69. The van der Waals surface area contributed by atoms with Gasteiger partial charge in [0.1, 0.15) is 5.75 Å². The number of aliphatic hydroxyl groups excluding tert-OH is 1. The third kappa shape index (κ3) is 4.47. The van der Waals surface area contributed by atoms with Gasteiger partial charge in [-0.05, 0) is 44.4 Å². The SMILES string of the molecule is CC(C)Oc1cccc(C(CO)NCC2CCCO2)c1. The minimum atomic E-state index is -0.0742. The lowest BCUT2D eigenvalue weighted by Gasteiger charge is -2.20. The molecule has 0 bridgehead atoms. The van der Waals surface area contributed by atoms with Crippen LogP contribution in [0, 0.1) is 0 Å². The summed E-state index contributed by atoms with van der Waals surface area (Å²) in [5.41, 5.74) is 1.05. The zero-order chi connectivity index (χ0) is 14.4. The van der Waals surface area contributed by atoms with Gasteiger partial charge >= 0.3 is 0 Å². The zero-order valence-corrected chi connectivity index (χ0v) is 12.3. The predicted octanol–water partition coefficient (Wildman–Crippen LogP) is 2.28. The molecule has 2 rings (SSSR count). The maximum Gasteiger partial charge on any atom is 0.120 e. The molecule has 0 aromatic heterocycles. The molecule has 0 saturated carbocycles. The van der Waals surface area contributed by atoms with Crippen molar-refractivity contribution < 1.29 is 14.6 Å². The number of rotatable bonds is 7. The molecule has 4 nitrogen and oxygen atoms in total. The lowest BCUT2D eigenvalue weighted by Crippen LogP contribution is -2.32. The van der Waals surface area contributed by atoms with Gasteiger partial charge in [-0.3, -0.25) is 0 Å². The van der Waals surface area contributed by atoms with Gasteiger partial charge in [0.05, 0.1) is 24.9 Å². The Morgan fingerprint density at radius 1 is 1.45 bits per heavy atom. The number of nitrogens with one attached hydrogen (secondary N) is 1. The van der Waals surface area contributed by atoms with Gasteiger partial charge in [-0.1, -0.05) is 12.1 Å². The third-order valence-electron chi connectivity index (χ3n) is 3.43. The highest BCUT2D eigenvalue weighted by Crippen LogP contribution is 2.21. The molecule has 1 fully saturated rings. The highest BCUT2D eigenvalue weighted by atomic mass is 16.5. The second-order valence-electron chi connectivity index (χ2n) is 5.52. The van der Waals surface area contributed by atoms with Crippen LogP contribution in [0.5, 0.6) is 5.75 Å². The molecule has 2 atom stereocenters. The normalized spacial score (nSPS) is 20.3. The Labute approximate surface area is 121 Å². The molecule has 1 saturated heterocycles. The third-order valence-corrected chi connectivity index (χ3v) is 3.43. The van der Waals surface area contributed by atoms with Gasteiger partial charge in [0, 0.05) is 13.2 Å². The molecule has 20 heavy (non-hydrogen) atoms. The van der Waals surface area contributed by atoms with Crippen LogP contribution in [-0.4, -0.2) is 37.1 Å². The first kappa shape index (κ1) is 15.3. The van der Waals surface area contributed by atoms with Gasteiger partial charge in [0.15, 0.2) is 0 Å². The van der Waals surface area contributed by atoms with Crippen LogP contribution < -0.4 is 10.1 Å². The summed E-state index contributed by atoms with van der Waals surface area (Å²) < 4.78 is 11.3. The average molecular weight is 279 g/mol. The molecule has 0 radical (unpaired) electrons. The van der Waals surface area contributed by atoms with E-state index >= 15 is 0 Å². The maximum atomic E-state index is 9.58. The topological polar surface area (TPSA) is 50.7 Å². The van der Waals surface area contributed by atoms with Crippen molar-refractivity contribution in [3.05, 3.63) is 29.8 Å². The molecule has 0 amide bonds. The summed E-state index contributed by atoms with van der Waals surface area (Å²) in [5, 5.41) is 13.0. The van der Waals surface area contributed by atoms with E-state index in [1.54, 1.807) is 0 Å². The van der Waals surface area contributed by atoms with Gasteiger partial charge in [-0.2, -0.15) is 0 Å². The highest BCUT2D eigenvalue weighted by Gasteiger charge is 2.18. The second kappa shape index (κ2) is 7.62. The molecule has 1 aromatic carbocycles. The molecular weight excluding hydrogens is 254 g/mol. The van der Waals surface area contributed by atoms with Crippen molar-refractivity contribution in [2.45, 2.75) is 44.9 Å². The minimum Gasteiger partial charge on any atom is -0.491 e. The fourth-order valence-electron chi connectivity index (χ4n) is 2.44. The van der Waals surface area contributed by atoms with Gasteiger partial charge in [-0.15, -0.1) is 0 Å². The first-order valence-electron chi connectivity index (χ1n) is 7.41. The number of benzene rings is 1. The smallest absolute Gasteiger partial charge is 0.120 e. The van der Waals surface area contributed by atoms with E-state index in [4.69, 9.17) is 9.47 Å². The summed E-state index contributed by atoms with van der Waals surface area (Å²) in [5.74, 6) is 0.842. The lowest BCUT2D eigenvalue weighted by atomic mass is 10.1. The highest BCUT2D eigenvalue weighted by molar-refractivity contribution is 5.30. The average Bonchev–Trinajstić information content (AvgIpc) is 2.92. The van der Waals surface area contributed by atoms with Crippen molar-refractivity contribution in [1.29, 1.82) is 0 Å². The summed E-state index contributed by atoms with van der Waals surface area (Å²) in [6.07, 6.45) is 2.66. The van der Waals surface area contributed by atoms with E-state index in [0.717, 1.165) is 37.3 Å². The van der Waals surface area contributed by atoms with Gasteiger partial charge in [0.2, 0.25) is 0 Å². The Kier molecular flexibility index (Phi) is 5.83. The Bertz CT molecular complexity index is 402. The van der Waals surface area contributed by atoms with Crippen LogP contribution >= 0.6 is 0 Å². The molecule has 1 aliphatic heterocycles. The molecule has 4 heteroatoms. The molecule has 0 aliphatic carbocycles. The van der Waals surface area contributed by atoms with Crippen molar-refractivity contribution in [3.63, 3.8) is 0 Å². The van der Waals surface area contributed by atoms with E-state index in [1.165, 1.54) is 0 Å². The molecule has 2 unspecified atom stereocenters. The number of aliphatic hydroxyl groups is 1. The summed E-state index contributed by atoms with van der Waals surface area (Å²) in [4.78, 5) is 0. The quantitative estimate of drug-likeness (QED) is 0.804. The van der Waals surface area contributed by atoms with Gasteiger partial charge in [0.25, 0.3) is 0 Å². The van der Waals surface area contributed by atoms with Crippen LogP contribution in [0.4, 0.5) is 0 Å². The van der Waals surface area contributed by atoms with Gasteiger partial charge in [-0.25, -0.2) is 0 Å². The maximum absolute atomic E-state index is 9.58. The first-order valence-corrected chi connectivity index (χ1v) is 7.41. The van der Waals surface area contributed by atoms with Gasteiger partial charge < -0.3 is 19.9 Å². The van der Waals surface area contributed by atoms with Crippen molar-refractivity contribution in [1.82, 2.24) is 5.32 Å². The summed E-state index contributed by atoms with van der Waals surface area (Å²) >= 11 is 0. The Morgan fingerprint density at radius 2 is 2.30 bits per heavy atom. The van der Waals surface area contributed by atoms with E-state index in [1.807, 2.05) is 38.1 Å². The fourth-order valence-corrected chi connectivity index (χ4v) is 2.44. The standard InChI is InChI=1S/C16H25NO3/c1-12(2)20-14-6-3-5-13(9-14)16(11-18)17-10-15-7-4-8-19-15/h3,5-6,9,12,15-18H,4,7-8,10-11H2,1-2H3. The number of ether oxygens (including phenoxy) is 2. The monoisotopic (exact) mass is 279 g/mol. The van der Waals surface area contributed by atoms with Crippen LogP contribution in [-0.2, 0) is 4.74 Å². The molecule has 112 valence electrons. The molecule has 0 spiro atoms. The Morgan fingerprint density at radius 3 is 2.95 bits per heavy atom. The number of hydrogen-bond acceptors (Lipinski definition) is 4. The largest absolute Gasteiger partial charge is 0.491 e. The van der Waals surface area contributed by atoms with E-state index in [9.17, 15) is 5.11 Å². The molecule has 2 N–H and O–H groups in total. The lowest BCUT2D eigenvalue weighted by molar-refractivity contribution is 0.104.